The van der Waals surface area contributed by atoms with Gasteiger partial charge in [0.2, 0.25) is 0 Å². The second-order valence-corrected chi connectivity index (χ2v) is 12.9. The van der Waals surface area contributed by atoms with E-state index in [1.165, 1.54) is 17.6 Å². The minimum atomic E-state index is -0.529. The van der Waals surface area contributed by atoms with Crippen molar-refractivity contribution in [2.75, 3.05) is 5.32 Å². The fourth-order valence-corrected chi connectivity index (χ4v) is 6.37. The average Bonchev–Trinajstić information content (AvgIpc) is 3.30. The van der Waals surface area contributed by atoms with E-state index in [2.05, 4.69) is 63.6 Å². The van der Waals surface area contributed by atoms with Gasteiger partial charge in [0.05, 0.1) is 16.8 Å². The van der Waals surface area contributed by atoms with E-state index in [0.717, 1.165) is 23.5 Å². The molecule has 1 heterocycles. The number of thiophene rings is 1. The SMILES string of the molecule is O=C(N/N=C\c1cc(Br)ccc1OC(=O)c1ccc(Br)cc1)c1ccc(NC(=O)c2sc3cc(Br)ccc3c2Cl)cc1. The summed E-state index contributed by atoms with van der Waals surface area (Å²) in [4.78, 5) is 38.5. The number of amides is 2. The molecule has 1 aromatic heterocycles. The van der Waals surface area contributed by atoms with Crippen LogP contribution in [0.5, 0.6) is 5.75 Å². The molecule has 210 valence electrons. The van der Waals surface area contributed by atoms with Gasteiger partial charge in [0.15, 0.2) is 0 Å². The Hall–Kier alpha value is -3.35. The van der Waals surface area contributed by atoms with Crippen molar-refractivity contribution in [1.29, 1.82) is 0 Å². The van der Waals surface area contributed by atoms with Crippen molar-refractivity contribution in [3.63, 3.8) is 0 Å². The van der Waals surface area contributed by atoms with E-state index in [9.17, 15) is 14.4 Å². The molecule has 0 aliphatic carbocycles. The van der Waals surface area contributed by atoms with Gasteiger partial charge < -0.3 is 10.1 Å². The molecule has 0 spiro atoms. The van der Waals surface area contributed by atoms with Crippen LogP contribution in [0.2, 0.25) is 5.02 Å². The topological polar surface area (TPSA) is 96.9 Å². The lowest BCUT2D eigenvalue weighted by molar-refractivity contribution is 0.0733. The second kappa shape index (κ2) is 13.3. The summed E-state index contributed by atoms with van der Waals surface area (Å²) in [6.07, 6.45) is 1.38. The third-order valence-electron chi connectivity index (χ3n) is 5.83. The monoisotopic (exact) mass is 787 g/mol. The largest absolute Gasteiger partial charge is 0.422 e. The van der Waals surface area contributed by atoms with Crippen LogP contribution in [-0.4, -0.2) is 24.0 Å². The average molecular weight is 791 g/mol. The molecule has 0 saturated carbocycles. The molecule has 2 N–H and O–H groups in total. The number of ether oxygens (including phenoxy) is 1. The zero-order valence-electron chi connectivity index (χ0n) is 21.2. The van der Waals surface area contributed by atoms with Crippen molar-refractivity contribution in [3.05, 3.63) is 125 Å². The van der Waals surface area contributed by atoms with E-state index >= 15 is 0 Å². The molecule has 5 rings (SSSR count). The number of nitrogens with one attached hydrogen (secondary N) is 2. The summed E-state index contributed by atoms with van der Waals surface area (Å²) in [5.74, 6) is -1.07. The number of carbonyl (C=O) groups is 3. The molecule has 0 bridgehead atoms. The second-order valence-electron chi connectivity index (χ2n) is 8.69. The smallest absolute Gasteiger partial charge is 0.343 e. The Balaban J connectivity index is 1.22. The standard InChI is InChI=1S/C30H17Br3ClN3O4S/c31-19-5-1-17(2-6-19)30(40)41-24-12-8-20(32)13-18(24)15-35-37-28(38)16-3-9-22(10-4-16)36-29(39)27-26(34)23-11-7-21(33)14-25(23)42-27/h1-15H,(H,36,39)(H,37,38)/b35-15-. The van der Waals surface area contributed by atoms with Gasteiger partial charge in [-0.3, -0.25) is 9.59 Å². The van der Waals surface area contributed by atoms with E-state index in [1.54, 1.807) is 66.7 Å². The number of nitrogens with zero attached hydrogens (tertiary/aromatic N) is 1. The number of rotatable bonds is 7. The van der Waals surface area contributed by atoms with E-state index in [1.807, 2.05) is 18.2 Å². The first-order valence-electron chi connectivity index (χ1n) is 12.1. The lowest BCUT2D eigenvalue weighted by Crippen LogP contribution is -2.18. The van der Waals surface area contributed by atoms with Crippen LogP contribution < -0.4 is 15.5 Å². The molecule has 7 nitrogen and oxygen atoms in total. The van der Waals surface area contributed by atoms with Crippen molar-refractivity contribution in [2.24, 2.45) is 5.10 Å². The number of hydrazone groups is 1. The number of hydrogen-bond acceptors (Lipinski definition) is 6. The summed E-state index contributed by atoms with van der Waals surface area (Å²) in [5.41, 5.74) is 4.15. The maximum Gasteiger partial charge on any atom is 0.343 e. The van der Waals surface area contributed by atoms with Gasteiger partial charge >= 0.3 is 5.97 Å². The summed E-state index contributed by atoms with van der Waals surface area (Å²) in [6, 6.07) is 23.8. The number of carbonyl (C=O) groups excluding carboxylic acids is 3. The fourth-order valence-electron chi connectivity index (χ4n) is 3.76. The summed E-state index contributed by atoms with van der Waals surface area (Å²) < 4.78 is 8.92. The van der Waals surface area contributed by atoms with Crippen molar-refractivity contribution in [1.82, 2.24) is 5.43 Å². The van der Waals surface area contributed by atoms with Crippen LogP contribution in [0.15, 0.2) is 103 Å². The highest BCUT2D eigenvalue weighted by Crippen LogP contribution is 2.37. The van der Waals surface area contributed by atoms with Crippen LogP contribution in [0.1, 0.15) is 36.0 Å². The first kappa shape index (κ1) is 30.1. The molecular weight excluding hydrogens is 774 g/mol. The zero-order chi connectivity index (χ0) is 29.8. The van der Waals surface area contributed by atoms with Gasteiger partial charge in [-0.05, 0) is 78.9 Å². The molecule has 2 amide bonds. The molecule has 42 heavy (non-hydrogen) atoms. The van der Waals surface area contributed by atoms with Gasteiger partial charge in [-0.25, -0.2) is 10.2 Å². The van der Waals surface area contributed by atoms with Crippen molar-refractivity contribution < 1.29 is 19.1 Å². The maximum atomic E-state index is 12.9. The predicted molar refractivity (Wildman–Crippen MR) is 177 cm³/mol. The molecule has 0 radical (unpaired) electrons. The van der Waals surface area contributed by atoms with Crippen LogP contribution >= 0.6 is 70.7 Å². The third kappa shape index (κ3) is 7.16. The Morgan fingerprint density at radius 1 is 0.786 bits per heavy atom. The number of esters is 1. The normalized spacial score (nSPS) is 11.0. The van der Waals surface area contributed by atoms with Crippen LogP contribution in [0.4, 0.5) is 5.69 Å². The molecule has 0 aliphatic heterocycles. The van der Waals surface area contributed by atoms with Gasteiger partial charge in [0.1, 0.15) is 10.6 Å². The highest BCUT2D eigenvalue weighted by Gasteiger charge is 2.18. The Labute approximate surface area is 274 Å². The fraction of sp³-hybridized carbons (Fsp3) is 0. The summed E-state index contributed by atoms with van der Waals surface area (Å²) in [5, 5.41) is 8.04. The molecule has 0 unspecified atom stereocenters. The molecule has 12 heteroatoms. The number of anilines is 1. The van der Waals surface area contributed by atoms with E-state index in [-0.39, 0.29) is 11.7 Å². The quantitative estimate of drug-likeness (QED) is 0.0745. The van der Waals surface area contributed by atoms with Gasteiger partial charge in [0.25, 0.3) is 11.8 Å². The molecule has 0 aliphatic rings. The summed E-state index contributed by atoms with van der Waals surface area (Å²) in [6.45, 7) is 0. The lowest BCUT2D eigenvalue weighted by atomic mass is 10.2. The minimum Gasteiger partial charge on any atom is -0.422 e. The van der Waals surface area contributed by atoms with E-state index in [4.69, 9.17) is 16.3 Å². The lowest BCUT2D eigenvalue weighted by Gasteiger charge is -2.08. The zero-order valence-corrected chi connectivity index (χ0v) is 27.5. The highest BCUT2D eigenvalue weighted by molar-refractivity contribution is 9.11. The van der Waals surface area contributed by atoms with Gasteiger partial charge in [0, 0.05) is 40.3 Å². The molecule has 4 aromatic carbocycles. The number of benzene rings is 4. The predicted octanol–water partition coefficient (Wildman–Crippen LogP) is 9.08. The minimum absolute atomic E-state index is 0.274. The summed E-state index contributed by atoms with van der Waals surface area (Å²) in [7, 11) is 0. The molecular formula is C30H17Br3ClN3O4S. The van der Waals surface area contributed by atoms with Gasteiger partial charge in [-0.15, -0.1) is 11.3 Å². The summed E-state index contributed by atoms with van der Waals surface area (Å²) >= 11 is 17.9. The van der Waals surface area contributed by atoms with Crippen LogP contribution in [0.25, 0.3) is 10.1 Å². The molecule has 0 fully saturated rings. The Morgan fingerprint density at radius 3 is 2.17 bits per heavy atom. The highest BCUT2D eigenvalue weighted by atomic mass is 79.9. The molecule has 0 atom stereocenters. The number of hydrogen-bond donors (Lipinski definition) is 2. The maximum absolute atomic E-state index is 12.9. The third-order valence-corrected chi connectivity index (χ3v) is 9.00. The van der Waals surface area contributed by atoms with Crippen LogP contribution in [0, 0.1) is 0 Å². The van der Waals surface area contributed by atoms with Crippen molar-refractivity contribution >= 4 is 110 Å². The van der Waals surface area contributed by atoms with E-state index < -0.39 is 11.9 Å². The van der Waals surface area contributed by atoms with Crippen LogP contribution in [0.3, 0.4) is 0 Å². The Kier molecular flexibility index (Phi) is 9.54. The Bertz CT molecular complexity index is 1860. The number of halogens is 4. The first-order chi connectivity index (χ1) is 20.2. The van der Waals surface area contributed by atoms with Crippen molar-refractivity contribution in [3.8, 4) is 5.75 Å². The van der Waals surface area contributed by atoms with Gasteiger partial charge in [-0.1, -0.05) is 65.5 Å². The molecule has 0 saturated heterocycles. The van der Waals surface area contributed by atoms with E-state index in [0.29, 0.717) is 32.3 Å². The van der Waals surface area contributed by atoms with Crippen molar-refractivity contribution in [2.45, 2.75) is 0 Å². The van der Waals surface area contributed by atoms with Gasteiger partial charge in [-0.2, -0.15) is 5.10 Å². The number of fused-ring (bicyclic) bond motifs is 1. The molecule has 5 aromatic rings. The Morgan fingerprint density at radius 2 is 1.43 bits per heavy atom. The first-order valence-corrected chi connectivity index (χ1v) is 15.6. The van der Waals surface area contributed by atoms with Crippen LogP contribution in [-0.2, 0) is 0 Å².